The minimum atomic E-state index is -0.497. The molecule has 0 saturated heterocycles. The molecule has 0 aliphatic heterocycles. The van der Waals surface area contributed by atoms with E-state index < -0.39 is 11.9 Å². The highest BCUT2D eigenvalue weighted by molar-refractivity contribution is 5.90. The zero-order chi connectivity index (χ0) is 24.9. The van der Waals surface area contributed by atoms with Gasteiger partial charge in [0.2, 0.25) is 11.8 Å². The van der Waals surface area contributed by atoms with E-state index in [2.05, 4.69) is 9.97 Å². The molecule has 0 fully saturated rings. The van der Waals surface area contributed by atoms with E-state index >= 15 is 0 Å². The van der Waals surface area contributed by atoms with Crippen LogP contribution in [-0.4, -0.2) is 21.9 Å². The summed E-state index contributed by atoms with van der Waals surface area (Å²) in [6, 6.07) is 13.0. The molecule has 0 aliphatic rings. The molecule has 9 nitrogen and oxygen atoms in total. The quantitative estimate of drug-likeness (QED) is 0.308. The number of hydrogen-bond donors (Lipinski definition) is 0. The molecule has 0 aliphatic carbocycles. The third-order valence-electron chi connectivity index (χ3n) is 5.21. The first-order chi connectivity index (χ1) is 16.8. The number of hydrogen-bond acceptors (Lipinski definition) is 9. The molecule has 180 valence electrons. The summed E-state index contributed by atoms with van der Waals surface area (Å²) in [6.07, 6.45) is 0. The Morgan fingerprint density at radius 1 is 0.657 bits per heavy atom. The summed E-state index contributed by atoms with van der Waals surface area (Å²) in [4.78, 5) is 32.9. The van der Waals surface area contributed by atoms with E-state index in [1.54, 1.807) is 62.4 Å². The van der Waals surface area contributed by atoms with Crippen LogP contribution in [0.3, 0.4) is 0 Å². The van der Waals surface area contributed by atoms with Crippen LogP contribution in [0.4, 0.5) is 0 Å². The highest BCUT2D eigenvalue weighted by Crippen LogP contribution is 2.23. The third-order valence-corrected chi connectivity index (χ3v) is 5.21. The molecule has 2 aromatic carbocycles. The number of benzene rings is 2. The maximum absolute atomic E-state index is 12.3. The molecule has 0 amide bonds. The van der Waals surface area contributed by atoms with Crippen molar-refractivity contribution < 1.29 is 32.6 Å². The number of rotatable bonds is 8. The molecule has 9 heteroatoms. The minimum absolute atomic E-state index is 0.0438. The third kappa shape index (κ3) is 5.94. The summed E-state index contributed by atoms with van der Waals surface area (Å²) in [5, 5.41) is 0. The van der Waals surface area contributed by atoms with Gasteiger partial charge in [0, 0.05) is 0 Å². The Balaban J connectivity index is 1.28. The molecule has 4 rings (SSSR count). The van der Waals surface area contributed by atoms with Crippen molar-refractivity contribution in [1.29, 1.82) is 0 Å². The predicted molar refractivity (Wildman–Crippen MR) is 123 cm³/mol. The zero-order valence-corrected chi connectivity index (χ0v) is 19.8. The Morgan fingerprint density at radius 2 is 1.03 bits per heavy atom. The van der Waals surface area contributed by atoms with Gasteiger partial charge in [-0.05, 0) is 76.2 Å². The molecule has 0 atom stereocenters. The fraction of sp³-hybridized carbons (Fsp3) is 0.231. The molecular weight excluding hydrogens is 452 g/mol. The van der Waals surface area contributed by atoms with Gasteiger partial charge in [0.05, 0.1) is 22.5 Å². The van der Waals surface area contributed by atoms with E-state index in [1.807, 2.05) is 13.8 Å². The van der Waals surface area contributed by atoms with E-state index in [4.69, 9.17) is 23.0 Å². The maximum atomic E-state index is 12.3. The molecule has 0 unspecified atom stereocenters. The van der Waals surface area contributed by atoms with Crippen molar-refractivity contribution in [1.82, 2.24) is 9.97 Å². The van der Waals surface area contributed by atoms with Gasteiger partial charge in [-0.25, -0.2) is 19.6 Å². The highest BCUT2D eigenvalue weighted by Gasteiger charge is 2.13. The van der Waals surface area contributed by atoms with Crippen LogP contribution in [0, 0.1) is 27.7 Å². The fourth-order valence-corrected chi connectivity index (χ4v) is 3.08. The van der Waals surface area contributed by atoms with E-state index in [-0.39, 0.29) is 13.2 Å². The van der Waals surface area contributed by atoms with Crippen molar-refractivity contribution in [3.8, 4) is 11.5 Å². The number of aromatic nitrogens is 2. The first kappa shape index (κ1) is 23.7. The highest BCUT2D eigenvalue weighted by atomic mass is 16.5. The predicted octanol–water partition coefficient (Wildman–Crippen LogP) is 5.40. The van der Waals surface area contributed by atoms with Crippen molar-refractivity contribution in [3.63, 3.8) is 0 Å². The second kappa shape index (κ2) is 10.3. The molecule has 2 heterocycles. The summed E-state index contributed by atoms with van der Waals surface area (Å²) in [7, 11) is 0. The van der Waals surface area contributed by atoms with Crippen molar-refractivity contribution in [2.24, 2.45) is 0 Å². The smallest absolute Gasteiger partial charge is 0.338 e. The SMILES string of the molecule is Cc1nc(COC(=O)c2ccc(Oc3ccc(C(=O)OCc4nc(C)c(C)o4)cc3)cc2)oc1C. The first-order valence-corrected chi connectivity index (χ1v) is 10.9. The fourth-order valence-electron chi connectivity index (χ4n) is 3.08. The Hall–Kier alpha value is -4.40. The molecule has 0 spiro atoms. The van der Waals surface area contributed by atoms with Gasteiger partial charge in [-0.15, -0.1) is 0 Å². The van der Waals surface area contributed by atoms with E-state index in [1.165, 1.54) is 0 Å². The number of aryl methyl sites for hydroxylation is 4. The summed E-state index contributed by atoms with van der Waals surface area (Å²) in [5.41, 5.74) is 2.26. The molecule has 35 heavy (non-hydrogen) atoms. The number of ether oxygens (including phenoxy) is 3. The second-order valence-electron chi connectivity index (χ2n) is 7.80. The molecule has 0 N–H and O–H groups in total. The van der Waals surface area contributed by atoms with E-state index in [0.29, 0.717) is 45.9 Å². The van der Waals surface area contributed by atoms with Crippen LogP contribution in [0.25, 0.3) is 0 Å². The van der Waals surface area contributed by atoms with Crippen LogP contribution in [0.2, 0.25) is 0 Å². The lowest BCUT2D eigenvalue weighted by Gasteiger charge is -2.08. The lowest BCUT2D eigenvalue weighted by molar-refractivity contribution is 0.0429. The van der Waals surface area contributed by atoms with Crippen LogP contribution < -0.4 is 4.74 Å². The molecule has 4 aromatic rings. The van der Waals surface area contributed by atoms with Gasteiger partial charge in [0.15, 0.2) is 13.2 Å². The first-order valence-electron chi connectivity index (χ1n) is 10.9. The monoisotopic (exact) mass is 476 g/mol. The van der Waals surface area contributed by atoms with Gasteiger partial charge in [-0.1, -0.05) is 0 Å². The number of esters is 2. The van der Waals surface area contributed by atoms with Crippen molar-refractivity contribution in [2.75, 3.05) is 0 Å². The van der Waals surface area contributed by atoms with Crippen LogP contribution in [0.1, 0.15) is 55.4 Å². The second-order valence-corrected chi connectivity index (χ2v) is 7.80. The van der Waals surface area contributed by atoms with Gasteiger partial charge in [0.25, 0.3) is 0 Å². The van der Waals surface area contributed by atoms with Gasteiger partial charge < -0.3 is 23.0 Å². The Kier molecular flexibility index (Phi) is 6.96. The average molecular weight is 476 g/mol. The van der Waals surface area contributed by atoms with E-state index in [9.17, 15) is 9.59 Å². The van der Waals surface area contributed by atoms with Crippen molar-refractivity contribution >= 4 is 11.9 Å². The van der Waals surface area contributed by atoms with Gasteiger partial charge in [-0.2, -0.15) is 0 Å². The van der Waals surface area contributed by atoms with Gasteiger partial charge >= 0.3 is 11.9 Å². The Labute approximate surface area is 201 Å². The Morgan fingerprint density at radius 3 is 1.34 bits per heavy atom. The minimum Gasteiger partial charge on any atom is -0.457 e. The maximum Gasteiger partial charge on any atom is 0.338 e. The summed E-state index contributed by atoms with van der Waals surface area (Å²) in [5.74, 6) is 2.13. The van der Waals surface area contributed by atoms with Crippen molar-refractivity contribution in [2.45, 2.75) is 40.9 Å². The standard InChI is InChI=1S/C26H24N2O7/c1-15-17(3)33-23(27-15)13-31-25(29)19-5-9-21(10-6-19)35-22-11-7-20(8-12-22)26(30)32-14-24-28-16(2)18(4)34-24/h5-12H,13-14H2,1-4H3. The van der Waals surface area contributed by atoms with E-state index in [0.717, 1.165) is 11.4 Å². The lowest BCUT2D eigenvalue weighted by atomic mass is 10.2. The van der Waals surface area contributed by atoms with Crippen LogP contribution >= 0.6 is 0 Å². The van der Waals surface area contributed by atoms with Gasteiger partial charge in [0.1, 0.15) is 23.0 Å². The molecule has 2 aromatic heterocycles. The van der Waals surface area contributed by atoms with Gasteiger partial charge in [-0.3, -0.25) is 0 Å². The largest absolute Gasteiger partial charge is 0.457 e. The van der Waals surface area contributed by atoms with Crippen LogP contribution in [-0.2, 0) is 22.7 Å². The summed E-state index contributed by atoms with van der Waals surface area (Å²) < 4.78 is 27.1. The molecule has 0 saturated carbocycles. The lowest BCUT2D eigenvalue weighted by Crippen LogP contribution is -2.05. The number of oxazole rings is 2. The van der Waals surface area contributed by atoms with Crippen LogP contribution in [0.5, 0.6) is 11.5 Å². The molecule has 0 bridgehead atoms. The zero-order valence-electron chi connectivity index (χ0n) is 19.8. The summed E-state index contributed by atoms with van der Waals surface area (Å²) in [6.45, 7) is 7.16. The molecular formula is C26H24N2O7. The summed E-state index contributed by atoms with van der Waals surface area (Å²) >= 11 is 0. The normalized spacial score (nSPS) is 10.7. The van der Waals surface area contributed by atoms with Crippen molar-refractivity contribution in [3.05, 3.63) is 94.3 Å². The number of carbonyl (C=O) groups excluding carboxylic acids is 2. The number of carbonyl (C=O) groups is 2. The van der Waals surface area contributed by atoms with Crippen LogP contribution in [0.15, 0.2) is 57.4 Å². The Bertz CT molecular complexity index is 1190. The topological polar surface area (TPSA) is 114 Å². The average Bonchev–Trinajstić information content (AvgIpc) is 3.35. The molecule has 0 radical (unpaired) electrons. The number of nitrogens with zero attached hydrogens (tertiary/aromatic N) is 2.